The molecule has 0 atom stereocenters. The Hall–Kier alpha value is -7.48. The van der Waals surface area contributed by atoms with E-state index < -0.39 is 0 Å². The molecule has 0 aliphatic heterocycles. The van der Waals surface area contributed by atoms with Crippen LogP contribution in [-0.4, -0.2) is 4.57 Å². The molecule has 10 aromatic carbocycles. The van der Waals surface area contributed by atoms with E-state index in [0.717, 1.165) is 0 Å². The summed E-state index contributed by atoms with van der Waals surface area (Å²) in [5, 5.41) is 7.65. The standard InChI is InChI=1S/C58H41N/c1-38-18-33-51-53(35-38)57(45-27-23-41(24-28-45)40-11-5-3-6-12-40)50-32-17-39(2)36-54(50)58(51)46-29-25-43(26-30-46)42-19-21-44(22-20-42)47-31-34-56-52(37-47)49-15-9-10-16-55(49)59(56)48-13-7-4-8-14-48/h3-37H,1-2H3. The van der Waals surface area contributed by atoms with E-state index in [2.05, 4.69) is 231 Å². The van der Waals surface area contributed by atoms with Crippen molar-refractivity contribution in [3.8, 4) is 61.3 Å². The van der Waals surface area contributed by atoms with Crippen molar-refractivity contribution >= 4 is 43.4 Å². The highest BCUT2D eigenvalue weighted by atomic mass is 15.0. The Morgan fingerprint density at radius 3 is 1.20 bits per heavy atom. The Kier molecular flexibility index (Phi) is 8.34. The summed E-state index contributed by atoms with van der Waals surface area (Å²) >= 11 is 0. The first kappa shape index (κ1) is 34.7. The van der Waals surface area contributed by atoms with E-state index in [0.29, 0.717) is 0 Å². The summed E-state index contributed by atoms with van der Waals surface area (Å²) in [6, 6.07) is 78.1. The summed E-state index contributed by atoms with van der Waals surface area (Å²) in [5.41, 5.74) is 18.5. The fraction of sp³-hybridized carbons (Fsp3) is 0.0345. The summed E-state index contributed by atoms with van der Waals surface area (Å²) in [7, 11) is 0. The lowest BCUT2D eigenvalue weighted by Gasteiger charge is -2.19. The van der Waals surface area contributed by atoms with E-state index >= 15 is 0 Å². The van der Waals surface area contributed by atoms with E-state index in [9.17, 15) is 0 Å². The molecule has 11 aromatic rings. The van der Waals surface area contributed by atoms with Crippen LogP contribution in [0.15, 0.2) is 212 Å². The second-order valence-corrected chi connectivity index (χ2v) is 15.9. The van der Waals surface area contributed by atoms with Gasteiger partial charge in [-0.15, -0.1) is 0 Å². The van der Waals surface area contributed by atoms with Crippen molar-refractivity contribution in [3.63, 3.8) is 0 Å². The van der Waals surface area contributed by atoms with Crippen LogP contribution in [-0.2, 0) is 0 Å². The maximum Gasteiger partial charge on any atom is 0.0541 e. The van der Waals surface area contributed by atoms with E-state index in [1.165, 1.54) is 116 Å². The van der Waals surface area contributed by atoms with Gasteiger partial charge in [0.05, 0.1) is 11.0 Å². The van der Waals surface area contributed by atoms with Crippen LogP contribution in [0.2, 0.25) is 0 Å². The predicted molar refractivity (Wildman–Crippen MR) is 252 cm³/mol. The van der Waals surface area contributed by atoms with Gasteiger partial charge in [-0.1, -0.05) is 193 Å². The summed E-state index contributed by atoms with van der Waals surface area (Å²) in [4.78, 5) is 0. The van der Waals surface area contributed by atoms with Crippen molar-refractivity contribution in [2.45, 2.75) is 13.8 Å². The molecule has 0 radical (unpaired) electrons. The zero-order chi connectivity index (χ0) is 39.5. The lowest BCUT2D eigenvalue weighted by molar-refractivity contribution is 1.18. The van der Waals surface area contributed by atoms with Crippen LogP contribution in [0.4, 0.5) is 0 Å². The third-order valence-corrected chi connectivity index (χ3v) is 12.1. The van der Waals surface area contributed by atoms with Crippen molar-refractivity contribution in [2.24, 2.45) is 0 Å². The van der Waals surface area contributed by atoms with Gasteiger partial charge in [0.15, 0.2) is 0 Å². The van der Waals surface area contributed by atoms with Gasteiger partial charge < -0.3 is 4.57 Å². The van der Waals surface area contributed by atoms with Gasteiger partial charge in [-0.2, -0.15) is 0 Å². The summed E-state index contributed by atoms with van der Waals surface area (Å²) < 4.78 is 2.37. The van der Waals surface area contributed by atoms with Gasteiger partial charge in [0, 0.05) is 16.5 Å². The van der Waals surface area contributed by atoms with Crippen molar-refractivity contribution < 1.29 is 0 Å². The molecule has 0 amide bonds. The molecule has 0 bridgehead atoms. The Morgan fingerprint density at radius 2 is 0.661 bits per heavy atom. The van der Waals surface area contributed by atoms with E-state index in [4.69, 9.17) is 0 Å². The normalized spacial score (nSPS) is 11.6. The minimum atomic E-state index is 1.18. The lowest BCUT2D eigenvalue weighted by Crippen LogP contribution is -1.93. The number of aryl methyl sites for hydroxylation is 2. The molecule has 11 rings (SSSR count). The molecule has 0 fully saturated rings. The number of hydrogen-bond acceptors (Lipinski definition) is 0. The molecule has 1 aromatic heterocycles. The molecule has 1 nitrogen and oxygen atoms in total. The first-order valence-electron chi connectivity index (χ1n) is 20.5. The quantitative estimate of drug-likeness (QED) is 0.149. The fourth-order valence-electron chi connectivity index (χ4n) is 9.23. The second-order valence-electron chi connectivity index (χ2n) is 15.9. The zero-order valence-electron chi connectivity index (χ0n) is 33.2. The van der Waals surface area contributed by atoms with Crippen molar-refractivity contribution in [1.29, 1.82) is 0 Å². The molecular formula is C58H41N. The van der Waals surface area contributed by atoms with Crippen LogP contribution in [0.1, 0.15) is 11.1 Å². The SMILES string of the molecule is Cc1ccc2c(-c3ccc(-c4ccc(-c5ccc6c(c5)c5ccccc5n6-c5ccccc5)cc4)cc3)c3cc(C)ccc3c(-c3ccc(-c4ccccc4)cc3)c2c1. The number of aromatic nitrogens is 1. The van der Waals surface area contributed by atoms with Gasteiger partial charge in [0.1, 0.15) is 0 Å². The Labute approximate surface area is 345 Å². The Balaban J connectivity index is 0.960. The van der Waals surface area contributed by atoms with E-state index in [1.807, 2.05) is 0 Å². The van der Waals surface area contributed by atoms with Gasteiger partial charge in [0.25, 0.3) is 0 Å². The lowest BCUT2D eigenvalue weighted by atomic mass is 9.84. The average Bonchev–Trinajstić information content (AvgIpc) is 3.63. The van der Waals surface area contributed by atoms with E-state index in [1.54, 1.807) is 0 Å². The molecule has 59 heavy (non-hydrogen) atoms. The largest absolute Gasteiger partial charge is 0.309 e. The van der Waals surface area contributed by atoms with Gasteiger partial charge in [0.2, 0.25) is 0 Å². The monoisotopic (exact) mass is 751 g/mol. The van der Waals surface area contributed by atoms with Gasteiger partial charge in [-0.25, -0.2) is 0 Å². The van der Waals surface area contributed by atoms with Crippen LogP contribution in [0, 0.1) is 13.8 Å². The van der Waals surface area contributed by atoms with Crippen molar-refractivity contribution in [3.05, 3.63) is 223 Å². The number of hydrogen-bond donors (Lipinski definition) is 0. The zero-order valence-corrected chi connectivity index (χ0v) is 33.2. The van der Waals surface area contributed by atoms with E-state index in [-0.39, 0.29) is 0 Å². The maximum absolute atomic E-state index is 2.37. The number of nitrogens with zero attached hydrogens (tertiary/aromatic N) is 1. The van der Waals surface area contributed by atoms with Gasteiger partial charge in [-0.3, -0.25) is 0 Å². The average molecular weight is 752 g/mol. The molecule has 1 heterocycles. The first-order valence-corrected chi connectivity index (χ1v) is 20.5. The number of fused-ring (bicyclic) bond motifs is 5. The van der Waals surface area contributed by atoms with Gasteiger partial charge in [-0.05, 0) is 121 Å². The third-order valence-electron chi connectivity index (χ3n) is 12.1. The molecule has 0 aliphatic rings. The Bertz CT molecular complexity index is 3340. The van der Waals surface area contributed by atoms with Crippen molar-refractivity contribution in [2.75, 3.05) is 0 Å². The second kappa shape index (κ2) is 14.2. The summed E-state index contributed by atoms with van der Waals surface area (Å²) in [5.74, 6) is 0. The summed E-state index contributed by atoms with van der Waals surface area (Å²) in [6.07, 6.45) is 0. The summed E-state index contributed by atoms with van der Waals surface area (Å²) in [6.45, 7) is 4.40. The van der Waals surface area contributed by atoms with Crippen molar-refractivity contribution in [1.82, 2.24) is 4.57 Å². The predicted octanol–water partition coefficient (Wildman–Crippen LogP) is 16.0. The number of rotatable bonds is 6. The van der Waals surface area contributed by atoms with Crippen LogP contribution >= 0.6 is 0 Å². The molecule has 0 saturated carbocycles. The first-order chi connectivity index (χ1) is 29.1. The van der Waals surface area contributed by atoms with Crippen LogP contribution < -0.4 is 0 Å². The topological polar surface area (TPSA) is 4.93 Å². The van der Waals surface area contributed by atoms with Gasteiger partial charge >= 0.3 is 0 Å². The highest BCUT2D eigenvalue weighted by Crippen LogP contribution is 2.45. The molecule has 0 N–H and O–H groups in total. The molecule has 0 aliphatic carbocycles. The fourth-order valence-corrected chi connectivity index (χ4v) is 9.23. The minimum Gasteiger partial charge on any atom is -0.309 e. The number of benzene rings is 10. The highest BCUT2D eigenvalue weighted by molar-refractivity contribution is 6.21. The smallest absolute Gasteiger partial charge is 0.0541 e. The molecule has 1 heteroatoms. The van der Waals surface area contributed by atoms with Crippen LogP contribution in [0.25, 0.3) is 105 Å². The number of para-hydroxylation sites is 2. The molecular weight excluding hydrogens is 711 g/mol. The molecule has 0 saturated heterocycles. The maximum atomic E-state index is 2.37. The molecule has 0 unspecified atom stereocenters. The highest BCUT2D eigenvalue weighted by Gasteiger charge is 2.18. The minimum absolute atomic E-state index is 1.18. The molecule has 278 valence electrons. The van der Waals surface area contributed by atoms with Crippen LogP contribution in [0.3, 0.4) is 0 Å². The van der Waals surface area contributed by atoms with Crippen LogP contribution in [0.5, 0.6) is 0 Å². The molecule has 0 spiro atoms. The third kappa shape index (κ3) is 6.02. The Morgan fingerprint density at radius 1 is 0.254 bits per heavy atom.